The first kappa shape index (κ1) is 21.9. The molecule has 0 bridgehead atoms. The van der Waals surface area contributed by atoms with E-state index in [9.17, 15) is 9.00 Å². The summed E-state index contributed by atoms with van der Waals surface area (Å²) in [5.74, 6) is 1.41. The average molecular weight is 440 g/mol. The van der Waals surface area contributed by atoms with Crippen LogP contribution in [0.4, 0.5) is 0 Å². The normalized spacial score (nSPS) is 31.4. The molecule has 2 saturated heterocycles. The second-order valence-corrected chi connectivity index (χ2v) is 18.3. The standard InChI is InChI=1S/C16H29NO3S4Si/c1-10(20-25(5,6)16(2,3)4)12-13(18)17-14(12)23-15(21)22-11-7-8-24(19)9-11/h10-12,14H,7-9H2,1-6H3,(H,17,18)/t10-,11+,12-,14-,24-/m1/s1. The summed E-state index contributed by atoms with van der Waals surface area (Å²) in [6, 6.07) is 0. The van der Waals surface area contributed by atoms with Crippen LogP contribution in [0.5, 0.6) is 0 Å². The molecule has 0 spiro atoms. The van der Waals surface area contributed by atoms with Gasteiger partial charge in [-0.25, -0.2) is 0 Å². The SMILES string of the molecule is C[C@@H](O[Si](C)(C)C(C)(C)C)[C@@H]1C(=O)N[C@@H]1SC(=S)S[C@H]1CC[S@@](=O)C1. The van der Waals surface area contributed by atoms with Gasteiger partial charge in [-0.05, 0) is 31.5 Å². The summed E-state index contributed by atoms with van der Waals surface area (Å²) in [5.41, 5.74) is 0. The second-order valence-electron chi connectivity index (χ2n) is 8.25. The Morgan fingerprint density at radius 3 is 2.52 bits per heavy atom. The Bertz CT molecular complexity index is 564. The smallest absolute Gasteiger partial charge is 0.229 e. The predicted molar refractivity (Wildman–Crippen MR) is 117 cm³/mol. The molecule has 0 radical (unpaired) electrons. The maximum absolute atomic E-state index is 12.1. The highest BCUT2D eigenvalue weighted by molar-refractivity contribution is 8.47. The summed E-state index contributed by atoms with van der Waals surface area (Å²) < 4.78 is 18.7. The molecule has 2 rings (SSSR count). The molecule has 0 aromatic heterocycles. The third kappa shape index (κ3) is 5.54. The minimum atomic E-state index is -1.91. The third-order valence-corrected chi connectivity index (χ3v) is 14.4. The summed E-state index contributed by atoms with van der Waals surface area (Å²) in [6.45, 7) is 13.0. The number of nitrogens with one attached hydrogen (secondary N) is 1. The van der Waals surface area contributed by atoms with Gasteiger partial charge in [-0.15, -0.1) is 11.8 Å². The van der Waals surface area contributed by atoms with Crippen molar-refractivity contribution >= 4 is 64.3 Å². The number of hydrogen-bond donors (Lipinski definition) is 1. The van der Waals surface area contributed by atoms with Crippen molar-refractivity contribution < 1.29 is 13.4 Å². The Kier molecular flexibility index (Phi) is 7.27. The zero-order valence-electron chi connectivity index (χ0n) is 15.8. The van der Waals surface area contributed by atoms with Gasteiger partial charge >= 0.3 is 0 Å². The van der Waals surface area contributed by atoms with Gasteiger partial charge in [-0.3, -0.25) is 9.00 Å². The fraction of sp³-hybridized carbons (Fsp3) is 0.875. The topological polar surface area (TPSA) is 55.4 Å². The first-order valence-corrected chi connectivity index (χ1v) is 15.2. The molecule has 0 aliphatic carbocycles. The molecule has 0 saturated carbocycles. The van der Waals surface area contributed by atoms with E-state index in [4.69, 9.17) is 16.6 Å². The molecule has 4 nitrogen and oxygen atoms in total. The molecule has 2 heterocycles. The number of thioether (sulfide) groups is 2. The van der Waals surface area contributed by atoms with Crippen LogP contribution in [-0.2, 0) is 20.0 Å². The molecular weight excluding hydrogens is 411 g/mol. The number of thiocarbonyl (C=S) groups is 1. The van der Waals surface area contributed by atoms with Gasteiger partial charge in [0.15, 0.2) is 8.32 Å². The molecule has 2 aliphatic heterocycles. The second kappa shape index (κ2) is 8.30. The Labute approximate surface area is 169 Å². The van der Waals surface area contributed by atoms with E-state index in [-0.39, 0.29) is 28.3 Å². The minimum absolute atomic E-state index is 0.0147. The molecule has 2 fully saturated rings. The first-order valence-electron chi connectivity index (χ1n) is 8.61. The highest BCUT2D eigenvalue weighted by Gasteiger charge is 2.48. The van der Waals surface area contributed by atoms with Gasteiger partial charge in [-0.2, -0.15) is 0 Å². The van der Waals surface area contributed by atoms with Crippen LogP contribution in [0.1, 0.15) is 34.1 Å². The molecule has 9 heteroatoms. The van der Waals surface area contributed by atoms with E-state index in [0.29, 0.717) is 5.25 Å². The van der Waals surface area contributed by atoms with Crippen molar-refractivity contribution in [3.8, 4) is 0 Å². The van der Waals surface area contributed by atoms with Crippen LogP contribution >= 0.6 is 35.7 Å². The molecule has 2 aliphatic rings. The van der Waals surface area contributed by atoms with E-state index in [0.717, 1.165) is 21.5 Å². The third-order valence-electron chi connectivity index (χ3n) is 5.23. The van der Waals surface area contributed by atoms with E-state index in [1.54, 1.807) is 23.5 Å². The highest BCUT2D eigenvalue weighted by atomic mass is 32.2. The molecule has 0 aromatic carbocycles. The van der Waals surface area contributed by atoms with Crippen molar-refractivity contribution in [2.45, 2.75) is 69.0 Å². The first-order chi connectivity index (χ1) is 11.4. The van der Waals surface area contributed by atoms with Crippen molar-refractivity contribution in [1.29, 1.82) is 0 Å². The maximum Gasteiger partial charge on any atom is 0.229 e. The Hall–Kier alpha value is 0.587. The minimum Gasteiger partial charge on any atom is -0.413 e. The van der Waals surface area contributed by atoms with Crippen LogP contribution in [-0.4, -0.2) is 50.2 Å². The van der Waals surface area contributed by atoms with Crippen molar-refractivity contribution in [1.82, 2.24) is 5.32 Å². The summed E-state index contributed by atoms with van der Waals surface area (Å²) in [6.07, 6.45) is 0.850. The van der Waals surface area contributed by atoms with Gasteiger partial charge in [-0.1, -0.05) is 44.8 Å². The van der Waals surface area contributed by atoms with Gasteiger partial charge in [0.1, 0.15) is 3.53 Å². The lowest BCUT2D eigenvalue weighted by Gasteiger charge is -2.45. The van der Waals surface area contributed by atoms with Crippen LogP contribution in [0, 0.1) is 5.92 Å². The molecule has 0 unspecified atom stereocenters. The average Bonchev–Trinajstić information content (AvgIpc) is 2.80. The molecule has 1 amide bonds. The summed E-state index contributed by atoms with van der Waals surface area (Å²) in [5, 5.41) is 3.42. The van der Waals surface area contributed by atoms with Gasteiger partial charge in [0, 0.05) is 27.6 Å². The van der Waals surface area contributed by atoms with Gasteiger partial charge < -0.3 is 9.74 Å². The van der Waals surface area contributed by atoms with Crippen LogP contribution in [0.25, 0.3) is 0 Å². The van der Waals surface area contributed by atoms with Crippen LogP contribution in [0.15, 0.2) is 0 Å². The number of hydrogen-bond acceptors (Lipinski definition) is 6. The van der Waals surface area contributed by atoms with Crippen LogP contribution < -0.4 is 5.32 Å². The zero-order valence-corrected chi connectivity index (χ0v) is 20.1. The maximum atomic E-state index is 12.1. The summed E-state index contributed by atoms with van der Waals surface area (Å²) >= 11 is 8.68. The quantitative estimate of drug-likeness (QED) is 0.400. The highest BCUT2D eigenvalue weighted by Crippen LogP contribution is 2.41. The summed E-state index contributed by atoms with van der Waals surface area (Å²) in [4.78, 5) is 12.1. The van der Waals surface area contributed by atoms with E-state index in [2.05, 4.69) is 39.2 Å². The van der Waals surface area contributed by atoms with Crippen LogP contribution in [0.2, 0.25) is 18.1 Å². The van der Waals surface area contributed by atoms with Crippen molar-refractivity contribution in [2.75, 3.05) is 11.5 Å². The van der Waals surface area contributed by atoms with E-state index in [1.807, 2.05) is 6.92 Å². The summed E-state index contributed by atoms with van der Waals surface area (Å²) in [7, 11) is -2.60. The Morgan fingerprint density at radius 2 is 2.04 bits per heavy atom. The monoisotopic (exact) mass is 439 g/mol. The van der Waals surface area contributed by atoms with Gasteiger partial charge in [0.25, 0.3) is 0 Å². The predicted octanol–water partition coefficient (Wildman–Crippen LogP) is 3.74. The number of amides is 1. The van der Waals surface area contributed by atoms with E-state index in [1.165, 1.54) is 0 Å². The lowest BCUT2D eigenvalue weighted by atomic mass is 9.96. The lowest BCUT2D eigenvalue weighted by molar-refractivity contribution is -0.136. The molecule has 144 valence electrons. The Morgan fingerprint density at radius 1 is 1.40 bits per heavy atom. The fourth-order valence-electron chi connectivity index (χ4n) is 2.64. The van der Waals surface area contributed by atoms with Gasteiger partial charge in [0.2, 0.25) is 5.91 Å². The number of carbonyl (C=O) groups excluding carboxylic acids is 1. The van der Waals surface area contributed by atoms with Crippen molar-refractivity contribution in [2.24, 2.45) is 5.92 Å². The number of rotatable bonds is 5. The largest absolute Gasteiger partial charge is 0.413 e. The molecule has 25 heavy (non-hydrogen) atoms. The zero-order chi connectivity index (χ0) is 19.0. The van der Waals surface area contributed by atoms with Crippen molar-refractivity contribution in [3.05, 3.63) is 0 Å². The van der Waals surface area contributed by atoms with Crippen molar-refractivity contribution in [3.63, 3.8) is 0 Å². The lowest BCUT2D eigenvalue weighted by Crippen LogP contribution is -2.62. The molecule has 1 N–H and O–H groups in total. The van der Waals surface area contributed by atoms with Gasteiger partial charge in [0.05, 0.1) is 17.4 Å². The Balaban J connectivity index is 1.89. The molecule has 5 atom stereocenters. The fourth-order valence-corrected chi connectivity index (χ4v) is 9.29. The van der Waals surface area contributed by atoms with E-state index >= 15 is 0 Å². The van der Waals surface area contributed by atoms with E-state index < -0.39 is 19.1 Å². The number of β-lactam (4-membered cyclic amide) rings is 1. The number of carbonyl (C=O) groups is 1. The van der Waals surface area contributed by atoms with Crippen LogP contribution in [0.3, 0.4) is 0 Å². The molecule has 0 aromatic rings. The molecular formula is C16H29NO3S4Si.